The Kier molecular flexibility index (Phi) is 5.30. The van der Waals surface area contributed by atoms with Crippen LogP contribution in [0.15, 0.2) is 11.7 Å². The second-order valence-corrected chi connectivity index (χ2v) is 5.88. The Labute approximate surface area is 118 Å². The van der Waals surface area contributed by atoms with Crippen LogP contribution in [-0.4, -0.2) is 60.1 Å². The molecule has 19 heavy (non-hydrogen) atoms. The van der Waals surface area contributed by atoms with Crippen molar-refractivity contribution < 1.29 is 9.53 Å². The minimum atomic E-state index is -0.125. The largest absolute Gasteiger partial charge is 0.469 e. The van der Waals surface area contributed by atoms with E-state index in [1.54, 1.807) is 11.3 Å². The fourth-order valence-corrected chi connectivity index (χ4v) is 3.00. The first-order valence-corrected chi connectivity index (χ1v) is 7.47. The molecule has 0 aliphatic carbocycles. The van der Waals surface area contributed by atoms with E-state index in [4.69, 9.17) is 0 Å². The van der Waals surface area contributed by atoms with Crippen molar-refractivity contribution >= 4 is 17.3 Å². The molecule has 1 atom stereocenters. The van der Waals surface area contributed by atoms with Crippen LogP contribution in [-0.2, 0) is 16.1 Å². The summed E-state index contributed by atoms with van der Waals surface area (Å²) < 4.78 is 4.68. The zero-order chi connectivity index (χ0) is 13.7. The van der Waals surface area contributed by atoms with Crippen molar-refractivity contribution in [2.24, 2.45) is 0 Å². The Bertz CT molecular complexity index is 397. The van der Waals surface area contributed by atoms with Crippen LogP contribution in [0.1, 0.15) is 18.2 Å². The van der Waals surface area contributed by atoms with Gasteiger partial charge in [0.25, 0.3) is 0 Å². The standard InChI is InChI=1S/C13H21N3O2S/c1-11-8-15(4-3-13(17)18-2)5-6-16(11)9-12-7-14-10-19-12/h7,10-11H,3-6,8-9H2,1-2H3. The minimum Gasteiger partial charge on any atom is -0.469 e. The number of esters is 1. The highest BCUT2D eigenvalue weighted by Gasteiger charge is 2.24. The second-order valence-electron chi connectivity index (χ2n) is 4.91. The van der Waals surface area contributed by atoms with Crippen LogP contribution in [0.25, 0.3) is 0 Å². The van der Waals surface area contributed by atoms with Gasteiger partial charge in [0, 0.05) is 49.8 Å². The van der Waals surface area contributed by atoms with Crippen LogP contribution < -0.4 is 0 Å². The summed E-state index contributed by atoms with van der Waals surface area (Å²) in [6.45, 7) is 7.09. The zero-order valence-electron chi connectivity index (χ0n) is 11.5. The fraction of sp³-hybridized carbons (Fsp3) is 0.692. The lowest BCUT2D eigenvalue weighted by atomic mass is 10.2. The Morgan fingerprint density at radius 3 is 3.05 bits per heavy atom. The third kappa shape index (κ3) is 4.26. The molecule has 1 fully saturated rings. The molecule has 2 heterocycles. The summed E-state index contributed by atoms with van der Waals surface area (Å²) in [6.07, 6.45) is 2.43. The highest BCUT2D eigenvalue weighted by molar-refractivity contribution is 7.09. The van der Waals surface area contributed by atoms with Gasteiger partial charge in [0.05, 0.1) is 19.0 Å². The third-order valence-corrected chi connectivity index (χ3v) is 4.32. The maximum atomic E-state index is 11.1. The van der Waals surface area contributed by atoms with Crippen LogP contribution >= 0.6 is 11.3 Å². The number of rotatable bonds is 5. The molecule has 0 radical (unpaired) electrons. The molecular formula is C13H21N3O2S. The summed E-state index contributed by atoms with van der Waals surface area (Å²) in [4.78, 5) is 21.4. The van der Waals surface area contributed by atoms with Gasteiger partial charge in [-0.15, -0.1) is 11.3 Å². The SMILES string of the molecule is COC(=O)CCN1CCN(Cc2cncs2)C(C)C1. The molecule has 0 aromatic carbocycles. The molecular weight excluding hydrogens is 262 g/mol. The van der Waals surface area contributed by atoms with Gasteiger partial charge in [-0.3, -0.25) is 19.6 Å². The molecule has 1 aliphatic heterocycles. The number of aromatic nitrogens is 1. The smallest absolute Gasteiger partial charge is 0.306 e. The number of piperazine rings is 1. The number of hydrogen-bond acceptors (Lipinski definition) is 6. The van der Waals surface area contributed by atoms with E-state index in [1.165, 1.54) is 12.0 Å². The second kappa shape index (κ2) is 6.98. The summed E-state index contributed by atoms with van der Waals surface area (Å²) in [5.41, 5.74) is 1.88. The maximum Gasteiger partial charge on any atom is 0.306 e. The molecule has 1 aliphatic rings. The topological polar surface area (TPSA) is 45.7 Å². The average molecular weight is 283 g/mol. The fourth-order valence-electron chi connectivity index (χ4n) is 2.38. The summed E-state index contributed by atoms with van der Waals surface area (Å²) in [5, 5.41) is 0. The lowest BCUT2D eigenvalue weighted by molar-refractivity contribution is -0.141. The molecule has 5 nitrogen and oxygen atoms in total. The van der Waals surface area contributed by atoms with Crippen LogP contribution in [0.5, 0.6) is 0 Å². The normalized spacial score (nSPS) is 21.5. The Hall–Kier alpha value is -0.980. The van der Waals surface area contributed by atoms with E-state index in [2.05, 4.69) is 26.4 Å². The Balaban J connectivity index is 1.76. The molecule has 0 spiro atoms. The van der Waals surface area contributed by atoms with Crippen molar-refractivity contribution in [1.82, 2.24) is 14.8 Å². The van der Waals surface area contributed by atoms with E-state index in [0.717, 1.165) is 32.7 Å². The van der Waals surface area contributed by atoms with E-state index in [-0.39, 0.29) is 5.97 Å². The number of nitrogens with zero attached hydrogens (tertiary/aromatic N) is 3. The number of methoxy groups -OCH3 is 1. The van der Waals surface area contributed by atoms with Gasteiger partial charge in [0.1, 0.15) is 0 Å². The molecule has 0 N–H and O–H groups in total. The molecule has 1 saturated heterocycles. The quantitative estimate of drug-likeness (QED) is 0.760. The molecule has 1 aromatic heterocycles. The Morgan fingerprint density at radius 1 is 1.58 bits per heavy atom. The van der Waals surface area contributed by atoms with Crippen LogP contribution in [0, 0.1) is 0 Å². The number of carbonyl (C=O) groups excluding carboxylic acids is 1. The number of thiazole rings is 1. The molecule has 1 aromatic rings. The number of ether oxygens (including phenoxy) is 1. The van der Waals surface area contributed by atoms with Crippen molar-refractivity contribution in [3.05, 3.63) is 16.6 Å². The monoisotopic (exact) mass is 283 g/mol. The average Bonchev–Trinajstić information content (AvgIpc) is 2.91. The van der Waals surface area contributed by atoms with Crippen LogP contribution in [0.4, 0.5) is 0 Å². The summed E-state index contributed by atoms with van der Waals surface area (Å²) in [5.74, 6) is -0.125. The van der Waals surface area contributed by atoms with Crippen molar-refractivity contribution in [1.29, 1.82) is 0 Å². The van der Waals surface area contributed by atoms with Crippen molar-refractivity contribution in [3.8, 4) is 0 Å². The van der Waals surface area contributed by atoms with Gasteiger partial charge >= 0.3 is 5.97 Å². The van der Waals surface area contributed by atoms with Gasteiger partial charge in [0.15, 0.2) is 0 Å². The summed E-state index contributed by atoms with van der Waals surface area (Å²) in [7, 11) is 1.44. The third-order valence-electron chi connectivity index (χ3n) is 3.55. The van der Waals surface area contributed by atoms with Crippen LogP contribution in [0.3, 0.4) is 0 Å². The lowest BCUT2D eigenvalue weighted by Gasteiger charge is -2.39. The highest BCUT2D eigenvalue weighted by Crippen LogP contribution is 2.16. The summed E-state index contributed by atoms with van der Waals surface area (Å²) >= 11 is 1.71. The van der Waals surface area contributed by atoms with Crippen molar-refractivity contribution in [2.75, 3.05) is 33.3 Å². The van der Waals surface area contributed by atoms with Gasteiger partial charge in [-0.25, -0.2) is 0 Å². The Morgan fingerprint density at radius 2 is 2.42 bits per heavy atom. The van der Waals surface area contributed by atoms with E-state index in [0.29, 0.717) is 12.5 Å². The molecule has 0 bridgehead atoms. The van der Waals surface area contributed by atoms with E-state index >= 15 is 0 Å². The van der Waals surface area contributed by atoms with E-state index < -0.39 is 0 Å². The highest BCUT2D eigenvalue weighted by atomic mass is 32.1. The maximum absolute atomic E-state index is 11.1. The number of carbonyl (C=O) groups is 1. The zero-order valence-corrected chi connectivity index (χ0v) is 12.4. The van der Waals surface area contributed by atoms with Crippen molar-refractivity contribution in [3.63, 3.8) is 0 Å². The van der Waals surface area contributed by atoms with Gasteiger partial charge in [-0.05, 0) is 6.92 Å². The first-order valence-electron chi connectivity index (χ1n) is 6.59. The first kappa shape index (κ1) is 14.4. The lowest BCUT2D eigenvalue weighted by Crippen LogP contribution is -2.51. The predicted octanol–water partition coefficient (Wildman–Crippen LogP) is 1.21. The van der Waals surface area contributed by atoms with Gasteiger partial charge in [0.2, 0.25) is 0 Å². The molecule has 0 amide bonds. The molecule has 2 rings (SSSR count). The van der Waals surface area contributed by atoms with Crippen molar-refractivity contribution in [2.45, 2.75) is 25.9 Å². The van der Waals surface area contributed by atoms with Gasteiger partial charge in [-0.2, -0.15) is 0 Å². The molecule has 106 valence electrons. The van der Waals surface area contributed by atoms with Crippen LogP contribution in [0.2, 0.25) is 0 Å². The van der Waals surface area contributed by atoms with E-state index in [9.17, 15) is 4.79 Å². The predicted molar refractivity (Wildman–Crippen MR) is 75.1 cm³/mol. The molecule has 1 unspecified atom stereocenters. The summed E-state index contributed by atoms with van der Waals surface area (Å²) in [6, 6.07) is 0.508. The molecule has 6 heteroatoms. The van der Waals surface area contributed by atoms with E-state index in [1.807, 2.05) is 11.7 Å². The van der Waals surface area contributed by atoms with Gasteiger partial charge < -0.3 is 4.74 Å². The number of hydrogen-bond donors (Lipinski definition) is 0. The molecule has 0 saturated carbocycles. The van der Waals surface area contributed by atoms with Gasteiger partial charge in [-0.1, -0.05) is 0 Å². The first-order chi connectivity index (χ1) is 9.19. The minimum absolute atomic E-state index is 0.125.